The smallest absolute Gasteiger partial charge is 0.407 e. The minimum atomic E-state index is -0.512. The third-order valence-corrected chi connectivity index (χ3v) is 3.27. The summed E-state index contributed by atoms with van der Waals surface area (Å²) in [6.45, 7) is 8.54. The van der Waals surface area contributed by atoms with E-state index in [-0.39, 0.29) is 12.1 Å². The van der Waals surface area contributed by atoms with Gasteiger partial charge >= 0.3 is 6.09 Å². The van der Waals surface area contributed by atoms with E-state index >= 15 is 0 Å². The summed E-state index contributed by atoms with van der Waals surface area (Å²) < 4.78 is 5.28. The molecule has 0 aliphatic rings. The van der Waals surface area contributed by atoms with Crippen LogP contribution in [0.4, 0.5) is 4.79 Å². The van der Waals surface area contributed by atoms with Crippen molar-refractivity contribution in [3.63, 3.8) is 0 Å². The Hall–Kier alpha value is -1.66. The van der Waals surface area contributed by atoms with E-state index < -0.39 is 11.7 Å². The first-order chi connectivity index (χ1) is 10.2. The Morgan fingerprint density at radius 3 is 2.64 bits per heavy atom. The molecule has 1 rings (SSSR count). The molecule has 22 heavy (non-hydrogen) atoms. The van der Waals surface area contributed by atoms with Crippen LogP contribution in [0.25, 0.3) is 0 Å². The summed E-state index contributed by atoms with van der Waals surface area (Å²) in [5.74, 6) is 0. The average molecular weight is 308 g/mol. The van der Waals surface area contributed by atoms with Crippen LogP contribution in [0.15, 0.2) is 24.4 Å². The van der Waals surface area contributed by atoms with Crippen LogP contribution in [0.1, 0.15) is 33.4 Å². The van der Waals surface area contributed by atoms with Gasteiger partial charge in [-0.1, -0.05) is 6.07 Å². The zero-order valence-corrected chi connectivity index (χ0v) is 14.2. The lowest BCUT2D eigenvalue weighted by molar-refractivity contribution is 0.0476. The Kier molecular flexibility index (Phi) is 6.77. The van der Waals surface area contributed by atoms with Crippen molar-refractivity contribution in [2.45, 2.75) is 51.9 Å². The van der Waals surface area contributed by atoms with Crippen molar-refractivity contribution < 1.29 is 9.53 Å². The molecule has 1 aromatic heterocycles. The number of nitrogens with zero attached hydrogens (tertiary/aromatic N) is 2. The number of likely N-dealkylation sites (N-methyl/N-ethyl adjacent to an activating group) is 1. The summed E-state index contributed by atoms with van der Waals surface area (Å²) in [7, 11) is 1.97. The van der Waals surface area contributed by atoms with Crippen molar-refractivity contribution in [2.24, 2.45) is 5.73 Å². The normalized spacial score (nSPS) is 14.5. The van der Waals surface area contributed by atoms with Crippen LogP contribution in [0.3, 0.4) is 0 Å². The zero-order valence-electron chi connectivity index (χ0n) is 14.2. The second kappa shape index (κ2) is 8.10. The second-order valence-corrected chi connectivity index (χ2v) is 6.47. The standard InChI is InChI=1S/C16H28N4O2/c1-12(19-15(21)22-16(2,3)4)14(10-17)20(5)11-13-8-6-7-9-18-13/h6-9,12,14H,10-11,17H2,1-5H3,(H,19,21). The van der Waals surface area contributed by atoms with E-state index in [4.69, 9.17) is 10.5 Å². The third-order valence-electron chi connectivity index (χ3n) is 3.27. The second-order valence-electron chi connectivity index (χ2n) is 6.47. The molecule has 0 fully saturated rings. The van der Waals surface area contributed by atoms with Gasteiger partial charge in [0, 0.05) is 31.4 Å². The molecule has 124 valence electrons. The largest absolute Gasteiger partial charge is 0.444 e. The van der Waals surface area contributed by atoms with Gasteiger partial charge in [0.15, 0.2) is 0 Å². The highest BCUT2D eigenvalue weighted by molar-refractivity contribution is 5.68. The first-order valence-electron chi connectivity index (χ1n) is 7.52. The molecule has 0 aromatic carbocycles. The van der Waals surface area contributed by atoms with Gasteiger partial charge in [-0.05, 0) is 46.9 Å². The maximum Gasteiger partial charge on any atom is 0.407 e. The third kappa shape index (κ3) is 6.41. The van der Waals surface area contributed by atoms with Crippen LogP contribution in [0.5, 0.6) is 0 Å². The van der Waals surface area contributed by atoms with E-state index in [1.165, 1.54) is 0 Å². The molecular formula is C16H28N4O2. The fourth-order valence-corrected chi connectivity index (χ4v) is 2.22. The lowest BCUT2D eigenvalue weighted by Gasteiger charge is -2.32. The molecule has 0 bridgehead atoms. The lowest BCUT2D eigenvalue weighted by Crippen LogP contribution is -2.53. The van der Waals surface area contributed by atoms with Gasteiger partial charge in [-0.2, -0.15) is 0 Å². The van der Waals surface area contributed by atoms with Gasteiger partial charge in [-0.15, -0.1) is 0 Å². The zero-order chi connectivity index (χ0) is 16.8. The molecule has 0 aliphatic carbocycles. The van der Waals surface area contributed by atoms with Crippen molar-refractivity contribution in [1.29, 1.82) is 0 Å². The minimum absolute atomic E-state index is 0.00507. The van der Waals surface area contributed by atoms with Crippen molar-refractivity contribution >= 4 is 6.09 Å². The number of ether oxygens (including phenoxy) is 1. The van der Waals surface area contributed by atoms with Crippen molar-refractivity contribution in [1.82, 2.24) is 15.2 Å². The monoisotopic (exact) mass is 308 g/mol. The van der Waals surface area contributed by atoms with Crippen molar-refractivity contribution in [3.05, 3.63) is 30.1 Å². The number of nitrogens with one attached hydrogen (secondary N) is 1. The Bertz CT molecular complexity index is 459. The lowest BCUT2D eigenvalue weighted by atomic mass is 10.1. The van der Waals surface area contributed by atoms with E-state index in [2.05, 4.69) is 15.2 Å². The van der Waals surface area contributed by atoms with Crippen LogP contribution in [0, 0.1) is 0 Å². The van der Waals surface area contributed by atoms with Crippen LogP contribution >= 0.6 is 0 Å². The summed E-state index contributed by atoms with van der Waals surface area (Å²) in [5, 5.41) is 2.85. The Balaban J connectivity index is 2.60. The summed E-state index contributed by atoms with van der Waals surface area (Å²) in [4.78, 5) is 18.3. The average Bonchev–Trinajstić information content (AvgIpc) is 2.38. The van der Waals surface area contributed by atoms with Gasteiger partial charge in [0.1, 0.15) is 5.60 Å². The molecule has 1 amide bonds. The summed E-state index contributed by atoms with van der Waals surface area (Å²) in [5.41, 5.74) is 6.33. The van der Waals surface area contributed by atoms with Crippen LogP contribution in [0.2, 0.25) is 0 Å². The first-order valence-corrected chi connectivity index (χ1v) is 7.52. The van der Waals surface area contributed by atoms with Gasteiger partial charge in [-0.3, -0.25) is 9.88 Å². The number of amides is 1. The fourth-order valence-electron chi connectivity index (χ4n) is 2.22. The van der Waals surface area contributed by atoms with E-state index in [0.29, 0.717) is 13.1 Å². The van der Waals surface area contributed by atoms with E-state index in [0.717, 1.165) is 5.69 Å². The van der Waals surface area contributed by atoms with Gasteiger partial charge in [-0.25, -0.2) is 4.79 Å². The van der Waals surface area contributed by atoms with Gasteiger partial charge < -0.3 is 15.8 Å². The van der Waals surface area contributed by atoms with Gasteiger partial charge in [0.05, 0.1) is 5.69 Å². The van der Waals surface area contributed by atoms with Gasteiger partial charge in [0.2, 0.25) is 0 Å². The number of carbonyl (C=O) groups is 1. The Morgan fingerprint density at radius 1 is 1.45 bits per heavy atom. The quantitative estimate of drug-likeness (QED) is 0.837. The highest BCUT2D eigenvalue weighted by atomic mass is 16.6. The number of rotatable bonds is 6. The predicted molar refractivity (Wildman–Crippen MR) is 87.4 cm³/mol. The molecule has 6 nitrogen and oxygen atoms in total. The van der Waals surface area contributed by atoms with E-state index in [1.807, 2.05) is 52.9 Å². The molecule has 2 atom stereocenters. The SMILES string of the molecule is CC(NC(=O)OC(C)(C)C)C(CN)N(C)Cc1ccccn1. The van der Waals surface area contributed by atoms with Crippen molar-refractivity contribution in [3.8, 4) is 0 Å². The fraction of sp³-hybridized carbons (Fsp3) is 0.625. The summed E-state index contributed by atoms with van der Waals surface area (Å²) in [6.07, 6.45) is 1.34. The minimum Gasteiger partial charge on any atom is -0.444 e. The van der Waals surface area contributed by atoms with E-state index in [1.54, 1.807) is 6.20 Å². The molecule has 0 aliphatic heterocycles. The number of alkyl carbamates (subject to hydrolysis) is 1. The van der Waals surface area contributed by atoms with Crippen LogP contribution < -0.4 is 11.1 Å². The topological polar surface area (TPSA) is 80.5 Å². The maximum absolute atomic E-state index is 11.9. The number of nitrogens with two attached hydrogens (primary N) is 1. The van der Waals surface area contributed by atoms with Crippen molar-refractivity contribution in [2.75, 3.05) is 13.6 Å². The summed E-state index contributed by atoms with van der Waals surface area (Å²) in [6, 6.07) is 5.67. The number of pyridine rings is 1. The molecule has 1 heterocycles. The molecule has 1 aromatic rings. The number of hydrogen-bond donors (Lipinski definition) is 2. The Labute approximate surface area is 133 Å². The highest BCUT2D eigenvalue weighted by Crippen LogP contribution is 2.09. The molecule has 0 saturated heterocycles. The molecule has 0 radical (unpaired) electrons. The van der Waals surface area contributed by atoms with Gasteiger partial charge in [0.25, 0.3) is 0 Å². The molecule has 2 unspecified atom stereocenters. The summed E-state index contributed by atoms with van der Waals surface area (Å²) >= 11 is 0. The number of hydrogen-bond acceptors (Lipinski definition) is 5. The number of aromatic nitrogens is 1. The van der Waals surface area contributed by atoms with Crippen LogP contribution in [-0.2, 0) is 11.3 Å². The molecule has 6 heteroatoms. The molecule has 3 N–H and O–H groups in total. The predicted octanol–water partition coefficient (Wildman–Crippen LogP) is 1.75. The molecular weight excluding hydrogens is 280 g/mol. The maximum atomic E-state index is 11.9. The van der Waals surface area contributed by atoms with E-state index in [9.17, 15) is 4.79 Å². The molecule has 0 spiro atoms. The number of carbonyl (C=O) groups excluding carboxylic acids is 1. The highest BCUT2D eigenvalue weighted by Gasteiger charge is 2.24. The van der Waals surface area contributed by atoms with Crippen LogP contribution in [-0.4, -0.2) is 47.3 Å². The Morgan fingerprint density at radius 2 is 2.14 bits per heavy atom. The first kappa shape index (κ1) is 18.4. The molecule has 0 saturated carbocycles.